The molecule has 1 amide bonds. The summed E-state index contributed by atoms with van der Waals surface area (Å²) in [6.45, 7) is 2.17. The van der Waals surface area contributed by atoms with Crippen LogP contribution >= 0.6 is 23.4 Å². The molecule has 26 heavy (non-hydrogen) atoms. The molecule has 3 aromatic rings. The molecule has 2 aromatic carbocycles. The molecular formula is C18H16ClFN4OS. The Balaban J connectivity index is 1.85. The maximum absolute atomic E-state index is 13.3. The molecule has 0 unspecified atom stereocenters. The predicted octanol–water partition coefficient (Wildman–Crippen LogP) is 4.10. The van der Waals surface area contributed by atoms with Crippen LogP contribution in [0.5, 0.6) is 0 Å². The highest BCUT2D eigenvalue weighted by Gasteiger charge is 2.15. The summed E-state index contributed by atoms with van der Waals surface area (Å²) in [4.78, 5) is 12.2. The average molecular weight is 391 g/mol. The van der Waals surface area contributed by atoms with Crippen LogP contribution in [0.4, 0.5) is 4.39 Å². The van der Waals surface area contributed by atoms with Crippen LogP contribution in [0.15, 0.2) is 53.7 Å². The van der Waals surface area contributed by atoms with E-state index in [1.54, 1.807) is 12.1 Å². The third kappa shape index (κ3) is 4.23. The van der Waals surface area contributed by atoms with Crippen LogP contribution in [0.3, 0.4) is 0 Å². The van der Waals surface area contributed by atoms with Gasteiger partial charge in [0, 0.05) is 10.6 Å². The molecule has 134 valence electrons. The first kappa shape index (κ1) is 18.4. The Labute approximate surface area is 159 Å². The van der Waals surface area contributed by atoms with Gasteiger partial charge in [0.15, 0.2) is 11.0 Å². The number of nitrogens with one attached hydrogen (secondary N) is 1. The number of aromatic nitrogens is 3. The average Bonchev–Trinajstić information content (AvgIpc) is 3.02. The second-order valence-electron chi connectivity index (χ2n) is 5.34. The molecule has 0 bridgehead atoms. The lowest BCUT2D eigenvalue weighted by Gasteiger charge is -2.11. The van der Waals surface area contributed by atoms with Crippen molar-refractivity contribution in [2.75, 3.05) is 5.75 Å². The van der Waals surface area contributed by atoms with E-state index >= 15 is 0 Å². The van der Waals surface area contributed by atoms with E-state index in [4.69, 9.17) is 11.6 Å². The normalized spacial score (nSPS) is 10.7. The van der Waals surface area contributed by atoms with E-state index in [0.29, 0.717) is 16.0 Å². The third-order valence-corrected chi connectivity index (χ3v) is 4.58. The standard InChI is InChI=1S/C18H16ClFN4OS/c1-2-26-18-23-22-16(24(18)15-8-4-6-13(19)10-15)11-21-17(25)12-5-3-7-14(20)9-12/h3-10H,2,11H2,1H3,(H,21,25). The van der Waals surface area contributed by atoms with E-state index in [0.717, 1.165) is 11.4 Å². The van der Waals surface area contributed by atoms with Crippen molar-refractivity contribution in [3.05, 3.63) is 70.8 Å². The van der Waals surface area contributed by atoms with Crippen LogP contribution in [0.2, 0.25) is 5.02 Å². The first-order valence-electron chi connectivity index (χ1n) is 7.95. The van der Waals surface area contributed by atoms with E-state index in [1.165, 1.54) is 30.0 Å². The van der Waals surface area contributed by atoms with Gasteiger partial charge < -0.3 is 5.32 Å². The Morgan fingerprint density at radius 2 is 2.04 bits per heavy atom. The van der Waals surface area contributed by atoms with E-state index in [-0.39, 0.29) is 18.0 Å². The quantitative estimate of drug-likeness (QED) is 0.644. The lowest BCUT2D eigenvalue weighted by molar-refractivity contribution is 0.0949. The van der Waals surface area contributed by atoms with Gasteiger partial charge in [-0.25, -0.2) is 4.39 Å². The van der Waals surface area contributed by atoms with E-state index in [1.807, 2.05) is 29.7 Å². The minimum atomic E-state index is -0.457. The minimum Gasteiger partial charge on any atom is -0.345 e. The summed E-state index contributed by atoms with van der Waals surface area (Å²) in [6.07, 6.45) is 0. The first-order chi connectivity index (χ1) is 12.6. The number of halogens is 2. The number of rotatable bonds is 6. The van der Waals surface area contributed by atoms with E-state index < -0.39 is 5.82 Å². The maximum Gasteiger partial charge on any atom is 0.251 e. The lowest BCUT2D eigenvalue weighted by atomic mass is 10.2. The first-order valence-corrected chi connectivity index (χ1v) is 9.31. The summed E-state index contributed by atoms with van der Waals surface area (Å²) >= 11 is 7.64. The fraction of sp³-hybridized carbons (Fsp3) is 0.167. The van der Waals surface area contributed by atoms with Crippen molar-refractivity contribution in [3.8, 4) is 5.69 Å². The Morgan fingerprint density at radius 3 is 2.77 bits per heavy atom. The molecule has 8 heteroatoms. The van der Waals surface area contributed by atoms with Gasteiger partial charge in [-0.15, -0.1) is 10.2 Å². The molecule has 5 nitrogen and oxygen atoms in total. The predicted molar refractivity (Wildman–Crippen MR) is 100 cm³/mol. The Hall–Kier alpha value is -2.38. The molecule has 0 saturated carbocycles. The number of carbonyl (C=O) groups is 1. The largest absolute Gasteiger partial charge is 0.345 e. The van der Waals surface area contributed by atoms with Gasteiger partial charge in [0.2, 0.25) is 0 Å². The smallest absolute Gasteiger partial charge is 0.251 e. The summed E-state index contributed by atoms with van der Waals surface area (Å²) < 4.78 is 15.1. The summed E-state index contributed by atoms with van der Waals surface area (Å²) in [5, 5.41) is 12.4. The van der Waals surface area contributed by atoms with Gasteiger partial charge in [0.25, 0.3) is 5.91 Å². The molecular weight excluding hydrogens is 375 g/mol. The van der Waals surface area contributed by atoms with Crippen LogP contribution in [0.1, 0.15) is 23.1 Å². The van der Waals surface area contributed by atoms with Crippen LogP contribution in [0.25, 0.3) is 5.69 Å². The SMILES string of the molecule is CCSc1nnc(CNC(=O)c2cccc(F)c2)n1-c1cccc(Cl)c1. The second kappa shape index (κ2) is 8.33. The fourth-order valence-corrected chi connectivity index (χ4v) is 3.28. The molecule has 0 radical (unpaired) electrons. The van der Waals surface area contributed by atoms with Gasteiger partial charge in [-0.3, -0.25) is 9.36 Å². The Bertz CT molecular complexity index is 931. The lowest BCUT2D eigenvalue weighted by Crippen LogP contribution is -2.24. The summed E-state index contributed by atoms with van der Waals surface area (Å²) in [5.41, 5.74) is 1.07. The summed E-state index contributed by atoms with van der Waals surface area (Å²) in [7, 11) is 0. The third-order valence-electron chi connectivity index (χ3n) is 3.53. The zero-order valence-electron chi connectivity index (χ0n) is 13.9. The van der Waals surface area contributed by atoms with Crippen LogP contribution in [0, 0.1) is 5.82 Å². The van der Waals surface area contributed by atoms with Gasteiger partial charge >= 0.3 is 0 Å². The molecule has 1 N–H and O–H groups in total. The number of benzene rings is 2. The number of hydrogen-bond donors (Lipinski definition) is 1. The minimum absolute atomic E-state index is 0.152. The van der Waals surface area contributed by atoms with Crippen molar-refractivity contribution in [3.63, 3.8) is 0 Å². The zero-order chi connectivity index (χ0) is 18.5. The monoisotopic (exact) mass is 390 g/mol. The van der Waals surface area contributed by atoms with Gasteiger partial charge in [-0.2, -0.15) is 0 Å². The van der Waals surface area contributed by atoms with Crippen LogP contribution < -0.4 is 5.32 Å². The van der Waals surface area contributed by atoms with Crippen LogP contribution in [-0.4, -0.2) is 26.4 Å². The highest BCUT2D eigenvalue weighted by molar-refractivity contribution is 7.99. The summed E-state index contributed by atoms with van der Waals surface area (Å²) in [6, 6.07) is 12.9. The van der Waals surface area contributed by atoms with Crippen molar-refractivity contribution >= 4 is 29.3 Å². The number of nitrogens with zero attached hydrogens (tertiary/aromatic N) is 3. The Morgan fingerprint density at radius 1 is 1.23 bits per heavy atom. The second-order valence-corrected chi connectivity index (χ2v) is 7.01. The molecule has 0 saturated heterocycles. The summed E-state index contributed by atoms with van der Waals surface area (Å²) in [5.74, 6) is 0.554. The molecule has 0 fully saturated rings. The van der Waals surface area contributed by atoms with Gasteiger partial charge in [0.1, 0.15) is 5.82 Å². The van der Waals surface area contributed by atoms with Crippen molar-refractivity contribution < 1.29 is 9.18 Å². The molecule has 0 aliphatic carbocycles. The fourth-order valence-electron chi connectivity index (χ4n) is 2.40. The van der Waals surface area contributed by atoms with E-state index in [2.05, 4.69) is 15.5 Å². The molecule has 0 atom stereocenters. The molecule has 1 heterocycles. The van der Waals surface area contributed by atoms with Crippen LogP contribution in [-0.2, 0) is 6.54 Å². The number of amides is 1. The van der Waals surface area contributed by atoms with Crippen molar-refractivity contribution in [1.29, 1.82) is 0 Å². The highest BCUT2D eigenvalue weighted by Crippen LogP contribution is 2.23. The van der Waals surface area contributed by atoms with E-state index in [9.17, 15) is 9.18 Å². The van der Waals surface area contributed by atoms with Gasteiger partial charge in [-0.05, 0) is 42.2 Å². The maximum atomic E-state index is 13.3. The zero-order valence-corrected chi connectivity index (χ0v) is 15.5. The molecule has 0 aliphatic rings. The molecule has 1 aromatic heterocycles. The van der Waals surface area contributed by atoms with Crippen molar-refractivity contribution in [2.24, 2.45) is 0 Å². The number of carbonyl (C=O) groups excluding carboxylic acids is 1. The number of thioether (sulfide) groups is 1. The van der Waals surface area contributed by atoms with Gasteiger partial charge in [-0.1, -0.05) is 42.4 Å². The van der Waals surface area contributed by atoms with Crippen molar-refractivity contribution in [2.45, 2.75) is 18.6 Å². The molecule has 3 rings (SSSR count). The van der Waals surface area contributed by atoms with Gasteiger partial charge in [0.05, 0.1) is 12.2 Å². The topological polar surface area (TPSA) is 59.8 Å². The highest BCUT2D eigenvalue weighted by atomic mass is 35.5. The Kier molecular flexibility index (Phi) is 5.90. The van der Waals surface area contributed by atoms with Crippen molar-refractivity contribution in [1.82, 2.24) is 20.1 Å². The number of hydrogen-bond acceptors (Lipinski definition) is 4. The molecule has 0 aliphatic heterocycles. The molecule has 0 spiro atoms.